The lowest BCUT2D eigenvalue weighted by Crippen LogP contribution is -2.30. The van der Waals surface area contributed by atoms with Gasteiger partial charge in [0.15, 0.2) is 0 Å². The molecule has 108 valence electrons. The Morgan fingerprint density at radius 2 is 1.83 bits per heavy atom. The standard InChI is InChI=1S/C5H12N2O2.C5H11NO2S/c6-4(3-8)1-2-5(7)9;1-9-3-2-4(6)5(7)8/h4,8H,1-3,6H2,(H2,7,9);4H,2-3,6H2,1H3,(H,7,8)/t2*4-/m00/s1. The molecule has 0 heterocycles. The molecule has 0 spiro atoms. The molecule has 0 rings (SSSR count). The molecule has 0 aliphatic rings. The highest BCUT2D eigenvalue weighted by molar-refractivity contribution is 7.98. The minimum Gasteiger partial charge on any atom is -0.480 e. The molecule has 0 aliphatic carbocycles. The molecule has 0 saturated heterocycles. The Balaban J connectivity index is 0. The van der Waals surface area contributed by atoms with Crippen molar-refractivity contribution in [2.45, 2.75) is 31.3 Å². The van der Waals surface area contributed by atoms with E-state index in [1.807, 2.05) is 6.26 Å². The van der Waals surface area contributed by atoms with E-state index in [1.54, 1.807) is 11.8 Å². The Hall–Kier alpha value is -0.830. The molecule has 0 aromatic heterocycles. The van der Waals surface area contributed by atoms with Crippen LogP contribution in [0.1, 0.15) is 19.3 Å². The smallest absolute Gasteiger partial charge is 0.320 e. The van der Waals surface area contributed by atoms with Crippen LogP contribution >= 0.6 is 11.8 Å². The maximum absolute atomic E-state index is 10.1. The second-order valence-electron chi connectivity index (χ2n) is 3.67. The molecule has 0 fully saturated rings. The lowest BCUT2D eigenvalue weighted by molar-refractivity contribution is -0.138. The van der Waals surface area contributed by atoms with Gasteiger partial charge in [-0.05, 0) is 24.9 Å². The van der Waals surface area contributed by atoms with E-state index in [1.165, 1.54) is 0 Å². The molecule has 1 amide bonds. The highest BCUT2D eigenvalue weighted by atomic mass is 32.2. The van der Waals surface area contributed by atoms with E-state index in [0.717, 1.165) is 5.75 Å². The Morgan fingerprint density at radius 3 is 2.17 bits per heavy atom. The third-order valence-corrected chi connectivity index (χ3v) is 2.59. The summed E-state index contributed by atoms with van der Waals surface area (Å²) < 4.78 is 0. The Kier molecular flexibility index (Phi) is 13.7. The number of carboxylic acid groups (broad SMARTS) is 1. The van der Waals surface area contributed by atoms with Gasteiger partial charge in [-0.2, -0.15) is 11.8 Å². The minimum atomic E-state index is -0.913. The topological polar surface area (TPSA) is 153 Å². The summed E-state index contributed by atoms with van der Waals surface area (Å²) in [6.07, 6.45) is 3.19. The summed E-state index contributed by atoms with van der Waals surface area (Å²) in [6, 6.07) is -0.991. The summed E-state index contributed by atoms with van der Waals surface area (Å²) in [5.41, 5.74) is 15.3. The Labute approximate surface area is 111 Å². The zero-order chi connectivity index (χ0) is 14.6. The molecule has 8 heteroatoms. The molecule has 8 N–H and O–H groups in total. The second kappa shape index (κ2) is 12.6. The van der Waals surface area contributed by atoms with Crippen molar-refractivity contribution in [2.24, 2.45) is 17.2 Å². The van der Waals surface area contributed by atoms with Crippen LogP contribution in [0.5, 0.6) is 0 Å². The Bertz CT molecular complexity index is 241. The molecule has 0 aliphatic heterocycles. The summed E-state index contributed by atoms with van der Waals surface area (Å²) in [6.45, 7) is -0.0900. The SMILES string of the molecule is CSCC[C@H](N)C(=O)O.NC(=O)CC[C@H](N)CO. The third kappa shape index (κ3) is 15.2. The number of hydrogen-bond acceptors (Lipinski definition) is 6. The van der Waals surface area contributed by atoms with Gasteiger partial charge in [0.05, 0.1) is 6.61 Å². The monoisotopic (exact) mass is 281 g/mol. The van der Waals surface area contributed by atoms with Crippen molar-refractivity contribution in [3.8, 4) is 0 Å². The van der Waals surface area contributed by atoms with Gasteiger partial charge in [0.2, 0.25) is 5.91 Å². The van der Waals surface area contributed by atoms with Crippen molar-refractivity contribution < 1.29 is 19.8 Å². The summed E-state index contributed by atoms with van der Waals surface area (Å²) in [5.74, 6) is -0.476. The van der Waals surface area contributed by atoms with Gasteiger partial charge < -0.3 is 27.4 Å². The predicted molar refractivity (Wildman–Crippen MR) is 72.1 cm³/mol. The average molecular weight is 281 g/mol. The van der Waals surface area contributed by atoms with Crippen LogP contribution in [-0.2, 0) is 9.59 Å². The molecule has 0 saturated carbocycles. The normalized spacial score (nSPS) is 13.1. The van der Waals surface area contributed by atoms with Crippen molar-refractivity contribution >= 4 is 23.6 Å². The maximum Gasteiger partial charge on any atom is 0.320 e. The van der Waals surface area contributed by atoms with Crippen LogP contribution in [0.3, 0.4) is 0 Å². The van der Waals surface area contributed by atoms with Crippen molar-refractivity contribution in [3.05, 3.63) is 0 Å². The molecular weight excluding hydrogens is 258 g/mol. The third-order valence-electron chi connectivity index (χ3n) is 1.95. The number of aliphatic hydroxyl groups is 1. The summed E-state index contributed by atoms with van der Waals surface area (Å²) in [7, 11) is 0. The van der Waals surface area contributed by atoms with Crippen molar-refractivity contribution in [3.63, 3.8) is 0 Å². The summed E-state index contributed by atoms with van der Waals surface area (Å²) in [5, 5.41) is 16.6. The Morgan fingerprint density at radius 1 is 1.28 bits per heavy atom. The van der Waals surface area contributed by atoms with Crippen LogP contribution < -0.4 is 17.2 Å². The first kappa shape index (κ1) is 19.5. The molecule has 0 aromatic carbocycles. The zero-order valence-corrected chi connectivity index (χ0v) is 11.4. The van der Waals surface area contributed by atoms with E-state index in [9.17, 15) is 9.59 Å². The molecular formula is C10H23N3O4S. The summed E-state index contributed by atoms with van der Waals surface area (Å²) >= 11 is 1.60. The van der Waals surface area contributed by atoms with Crippen LogP contribution in [0.4, 0.5) is 0 Å². The van der Waals surface area contributed by atoms with Crippen LogP contribution in [0.2, 0.25) is 0 Å². The van der Waals surface area contributed by atoms with Crippen LogP contribution in [0.25, 0.3) is 0 Å². The van der Waals surface area contributed by atoms with Gasteiger partial charge in [-0.25, -0.2) is 0 Å². The van der Waals surface area contributed by atoms with Gasteiger partial charge in [0, 0.05) is 12.5 Å². The number of primary amides is 1. The molecule has 0 radical (unpaired) electrons. The van der Waals surface area contributed by atoms with E-state index in [0.29, 0.717) is 12.8 Å². The van der Waals surface area contributed by atoms with Gasteiger partial charge in [-0.3, -0.25) is 9.59 Å². The molecule has 0 bridgehead atoms. The maximum atomic E-state index is 10.1. The number of hydrogen-bond donors (Lipinski definition) is 5. The number of aliphatic carboxylic acids is 1. The highest BCUT2D eigenvalue weighted by Crippen LogP contribution is 1.97. The fraction of sp³-hybridized carbons (Fsp3) is 0.800. The first-order chi connectivity index (χ1) is 8.34. The number of aliphatic hydroxyl groups excluding tert-OH is 1. The quantitative estimate of drug-likeness (QED) is 0.371. The molecule has 0 unspecified atom stereocenters. The first-order valence-electron chi connectivity index (χ1n) is 5.47. The van der Waals surface area contributed by atoms with Gasteiger partial charge in [-0.15, -0.1) is 0 Å². The van der Waals surface area contributed by atoms with Crippen LogP contribution in [0.15, 0.2) is 0 Å². The van der Waals surface area contributed by atoms with Crippen LogP contribution in [0, 0.1) is 0 Å². The van der Waals surface area contributed by atoms with E-state index in [-0.39, 0.29) is 25.0 Å². The largest absolute Gasteiger partial charge is 0.480 e. The van der Waals surface area contributed by atoms with Crippen molar-refractivity contribution in [1.82, 2.24) is 0 Å². The van der Waals surface area contributed by atoms with E-state index in [2.05, 4.69) is 0 Å². The fourth-order valence-electron chi connectivity index (χ4n) is 0.787. The predicted octanol–water partition coefficient (Wildman–Crippen LogP) is -1.28. The molecule has 7 nitrogen and oxygen atoms in total. The van der Waals surface area contributed by atoms with Crippen molar-refractivity contribution in [1.29, 1.82) is 0 Å². The zero-order valence-electron chi connectivity index (χ0n) is 10.5. The fourth-order valence-corrected chi connectivity index (χ4v) is 1.28. The summed E-state index contributed by atoms with van der Waals surface area (Å²) in [4.78, 5) is 20.2. The number of thioether (sulfide) groups is 1. The molecule has 0 aromatic rings. The van der Waals surface area contributed by atoms with E-state index >= 15 is 0 Å². The number of carbonyl (C=O) groups excluding carboxylic acids is 1. The lowest BCUT2D eigenvalue weighted by atomic mass is 10.2. The average Bonchev–Trinajstić information content (AvgIpc) is 2.33. The van der Waals surface area contributed by atoms with Gasteiger partial charge >= 0.3 is 5.97 Å². The lowest BCUT2D eigenvalue weighted by Gasteiger charge is -2.03. The number of amides is 1. The van der Waals surface area contributed by atoms with E-state index in [4.69, 9.17) is 27.4 Å². The second-order valence-corrected chi connectivity index (χ2v) is 4.66. The van der Waals surface area contributed by atoms with E-state index < -0.39 is 12.0 Å². The minimum absolute atomic E-state index is 0.0900. The number of carboxylic acids is 1. The van der Waals surface area contributed by atoms with Gasteiger partial charge in [0.1, 0.15) is 6.04 Å². The van der Waals surface area contributed by atoms with Gasteiger partial charge in [-0.1, -0.05) is 0 Å². The van der Waals surface area contributed by atoms with Crippen molar-refractivity contribution in [2.75, 3.05) is 18.6 Å². The van der Waals surface area contributed by atoms with Gasteiger partial charge in [0.25, 0.3) is 0 Å². The molecule has 2 atom stereocenters. The highest BCUT2D eigenvalue weighted by Gasteiger charge is 2.08. The number of carbonyl (C=O) groups is 2. The number of rotatable bonds is 8. The number of nitrogens with two attached hydrogens (primary N) is 3. The molecule has 18 heavy (non-hydrogen) atoms. The first-order valence-corrected chi connectivity index (χ1v) is 6.86. The van der Waals surface area contributed by atoms with Crippen LogP contribution in [-0.4, -0.2) is 52.8 Å².